The highest BCUT2D eigenvalue weighted by Crippen LogP contribution is 2.29. The zero-order chi connectivity index (χ0) is 16.4. The standard InChI is InChI=1S/C17H21N3O2S.ClH/c1-18-23(21,22)10-7-13-3-4-17-15(11-13)16(12-19-17)14-5-8-20(2)9-6-14;/h3-5,7,10-12,18-19H,6,8-9H2,1-2H3;1H/b10-7+;. The molecule has 2 N–H and O–H groups in total. The Balaban J connectivity index is 0.00000208. The summed E-state index contributed by atoms with van der Waals surface area (Å²) in [5, 5.41) is 2.32. The van der Waals surface area contributed by atoms with Crippen LogP contribution >= 0.6 is 12.4 Å². The molecule has 0 bridgehead atoms. The van der Waals surface area contributed by atoms with E-state index in [2.05, 4.69) is 27.7 Å². The topological polar surface area (TPSA) is 65.2 Å². The highest BCUT2D eigenvalue weighted by atomic mass is 35.5. The van der Waals surface area contributed by atoms with Gasteiger partial charge < -0.3 is 9.88 Å². The number of nitrogens with one attached hydrogen (secondary N) is 2. The number of benzene rings is 1. The molecule has 5 nitrogen and oxygen atoms in total. The van der Waals surface area contributed by atoms with Crippen molar-refractivity contribution in [3.63, 3.8) is 0 Å². The number of rotatable bonds is 4. The Morgan fingerprint density at radius 1 is 1.33 bits per heavy atom. The summed E-state index contributed by atoms with van der Waals surface area (Å²) in [6, 6.07) is 5.93. The summed E-state index contributed by atoms with van der Waals surface area (Å²) in [7, 11) is 0.172. The molecule has 1 aliphatic rings. The molecule has 0 saturated carbocycles. The molecule has 1 aliphatic heterocycles. The Labute approximate surface area is 148 Å². The van der Waals surface area contributed by atoms with Crippen LogP contribution < -0.4 is 4.72 Å². The fourth-order valence-electron chi connectivity index (χ4n) is 2.76. The Morgan fingerprint density at radius 2 is 2.12 bits per heavy atom. The van der Waals surface area contributed by atoms with Gasteiger partial charge in [0.2, 0.25) is 10.0 Å². The largest absolute Gasteiger partial charge is 0.361 e. The summed E-state index contributed by atoms with van der Waals surface area (Å²) in [5.74, 6) is 0. The van der Waals surface area contributed by atoms with Gasteiger partial charge in [-0.15, -0.1) is 12.4 Å². The minimum atomic E-state index is -3.35. The van der Waals surface area contributed by atoms with Crippen LogP contribution in [0.1, 0.15) is 17.5 Å². The molecule has 0 unspecified atom stereocenters. The highest BCUT2D eigenvalue weighted by molar-refractivity contribution is 7.92. The second-order valence-electron chi connectivity index (χ2n) is 5.80. The maximum atomic E-state index is 11.5. The van der Waals surface area contributed by atoms with Gasteiger partial charge in [-0.2, -0.15) is 0 Å². The third-order valence-electron chi connectivity index (χ3n) is 4.19. The van der Waals surface area contributed by atoms with Crippen molar-refractivity contribution in [2.24, 2.45) is 0 Å². The molecule has 3 rings (SSSR count). The lowest BCUT2D eigenvalue weighted by Gasteiger charge is -2.21. The number of halogens is 1. The lowest BCUT2D eigenvalue weighted by Crippen LogP contribution is -2.23. The van der Waals surface area contributed by atoms with Gasteiger partial charge in [0.15, 0.2) is 0 Å². The molecular formula is C17H22ClN3O2S. The molecule has 0 saturated heterocycles. The normalized spacial score (nSPS) is 16.3. The van der Waals surface area contributed by atoms with Crippen molar-refractivity contribution in [3.8, 4) is 0 Å². The van der Waals surface area contributed by atoms with Crippen molar-refractivity contribution in [3.05, 3.63) is 47.0 Å². The predicted octanol–water partition coefficient (Wildman–Crippen LogP) is 2.83. The van der Waals surface area contributed by atoms with Crippen LogP contribution in [0.15, 0.2) is 35.9 Å². The number of hydrogen-bond donors (Lipinski definition) is 2. The van der Waals surface area contributed by atoms with Crippen LogP contribution in [0.3, 0.4) is 0 Å². The number of hydrogen-bond acceptors (Lipinski definition) is 3. The number of fused-ring (bicyclic) bond motifs is 1. The fourth-order valence-corrected chi connectivity index (χ4v) is 3.23. The number of aromatic nitrogens is 1. The van der Waals surface area contributed by atoms with Crippen LogP contribution in [0.2, 0.25) is 0 Å². The summed E-state index contributed by atoms with van der Waals surface area (Å²) in [5.41, 5.74) is 4.48. The summed E-state index contributed by atoms with van der Waals surface area (Å²) >= 11 is 0. The maximum absolute atomic E-state index is 11.5. The minimum absolute atomic E-state index is 0. The van der Waals surface area contributed by atoms with Gasteiger partial charge in [-0.05, 0) is 49.9 Å². The Kier molecular flexibility index (Phi) is 5.87. The molecule has 7 heteroatoms. The second-order valence-corrected chi connectivity index (χ2v) is 7.57. The number of likely N-dealkylation sites (N-methyl/N-ethyl adjacent to an activating group) is 1. The third-order valence-corrected chi connectivity index (χ3v) is 5.25. The summed E-state index contributed by atoms with van der Waals surface area (Å²) in [4.78, 5) is 5.59. The minimum Gasteiger partial charge on any atom is -0.361 e. The van der Waals surface area contributed by atoms with Gasteiger partial charge in [0.1, 0.15) is 0 Å². The average molecular weight is 368 g/mol. The van der Waals surface area contributed by atoms with Gasteiger partial charge in [-0.25, -0.2) is 13.1 Å². The van der Waals surface area contributed by atoms with E-state index in [1.807, 2.05) is 24.4 Å². The van der Waals surface area contributed by atoms with E-state index < -0.39 is 10.0 Å². The van der Waals surface area contributed by atoms with Crippen LogP contribution in [-0.4, -0.2) is 45.5 Å². The van der Waals surface area contributed by atoms with E-state index in [0.717, 1.165) is 36.0 Å². The van der Waals surface area contributed by atoms with Gasteiger partial charge in [-0.3, -0.25) is 0 Å². The van der Waals surface area contributed by atoms with Crippen molar-refractivity contribution in [1.82, 2.24) is 14.6 Å². The highest BCUT2D eigenvalue weighted by Gasteiger charge is 2.13. The Hall–Kier alpha value is -1.60. The number of aromatic amines is 1. The van der Waals surface area contributed by atoms with Crippen molar-refractivity contribution < 1.29 is 8.42 Å². The number of sulfonamides is 1. The van der Waals surface area contributed by atoms with Crippen LogP contribution in [0.25, 0.3) is 22.6 Å². The zero-order valence-electron chi connectivity index (χ0n) is 13.7. The quantitative estimate of drug-likeness (QED) is 0.873. The smallest absolute Gasteiger partial charge is 0.233 e. The van der Waals surface area contributed by atoms with Crippen molar-refractivity contribution in [2.45, 2.75) is 6.42 Å². The maximum Gasteiger partial charge on any atom is 0.233 e. The zero-order valence-corrected chi connectivity index (χ0v) is 15.4. The lowest BCUT2D eigenvalue weighted by molar-refractivity contribution is 0.370. The van der Waals surface area contributed by atoms with Crippen LogP contribution in [0.4, 0.5) is 0 Å². The van der Waals surface area contributed by atoms with Gasteiger partial charge >= 0.3 is 0 Å². The second kappa shape index (κ2) is 7.53. The Morgan fingerprint density at radius 3 is 2.79 bits per heavy atom. The molecule has 0 atom stereocenters. The molecule has 0 aliphatic carbocycles. The van der Waals surface area contributed by atoms with E-state index in [9.17, 15) is 8.42 Å². The SMILES string of the molecule is CNS(=O)(=O)/C=C/c1ccc2[nH]cc(C3=CCN(C)CC3)c2c1.Cl. The van der Waals surface area contributed by atoms with E-state index in [4.69, 9.17) is 0 Å². The molecule has 0 spiro atoms. The van der Waals surface area contributed by atoms with E-state index in [1.165, 1.54) is 23.6 Å². The molecule has 0 fully saturated rings. The Bertz CT molecular complexity index is 884. The molecule has 2 aromatic rings. The summed E-state index contributed by atoms with van der Waals surface area (Å²) in [6.45, 7) is 2.01. The van der Waals surface area contributed by atoms with Crippen molar-refractivity contribution in [1.29, 1.82) is 0 Å². The molecule has 1 aromatic heterocycles. The van der Waals surface area contributed by atoms with Gasteiger partial charge in [0.25, 0.3) is 0 Å². The van der Waals surface area contributed by atoms with Crippen molar-refractivity contribution in [2.75, 3.05) is 27.2 Å². The first-order valence-electron chi connectivity index (χ1n) is 7.59. The summed E-state index contributed by atoms with van der Waals surface area (Å²) < 4.78 is 25.3. The molecular weight excluding hydrogens is 346 g/mol. The molecule has 24 heavy (non-hydrogen) atoms. The van der Waals surface area contributed by atoms with E-state index in [-0.39, 0.29) is 12.4 Å². The van der Waals surface area contributed by atoms with Crippen LogP contribution in [0.5, 0.6) is 0 Å². The molecule has 1 aromatic carbocycles. The van der Waals surface area contributed by atoms with Gasteiger partial charge in [0, 0.05) is 41.2 Å². The molecule has 0 amide bonds. The monoisotopic (exact) mass is 367 g/mol. The average Bonchev–Trinajstić information content (AvgIpc) is 2.97. The van der Waals surface area contributed by atoms with Crippen LogP contribution in [0, 0.1) is 0 Å². The first kappa shape index (κ1) is 18.7. The number of H-pyrrole nitrogens is 1. The van der Waals surface area contributed by atoms with E-state index in [0.29, 0.717) is 0 Å². The predicted molar refractivity (Wildman–Crippen MR) is 103 cm³/mol. The summed E-state index contributed by atoms with van der Waals surface area (Å²) in [6.07, 6.45) is 6.95. The first-order valence-corrected chi connectivity index (χ1v) is 9.14. The van der Waals surface area contributed by atoms with Crippen LogP contribution in [-0.2, 0) is 10.0 Å². The third kappa shape index (κ3) is 4.08. The van der Waals surface area contributed by atoms with Gasteiger partial charge in [-0.1, -0.05) is 12.1 Å². The molecule has 2 heterocycles. The van der Waals surface area contributed by atoms with E-state index >= 15 is 0 Å². The van der Waals surface area contributed by atoms with Crippen molar-refractivity contribution >= 4 is 45.0 Å². The molecule has 130 valence electrons. The van der Waals surface area contributed by atoms with E-state index in [1.54, 1.807) is 6.08 Å². The van der Waals surface area contributed by atoms with Gasteiger partial charge in [0.05, 0.1) is 0 Å². The molecule has 0 radical (unpaired) electrons. The first-order chi connectivity index (χ1) is 11.0. The fraction of sp³-hybridized carbons (Fsp3) is 0.294. The number of nitrogens with zero attached hydrogens (tertiary/aromatic N) is 1. The lowest BCUT2D eigenvalue weighted by atomic mass is 9.98.